The number of hydrogen-bond donors (Lipinski definition) is 0. The van der Waals surface area contributed by atoms with E-state index in [-0.39, 0.29) is 17.2 Å². The number of amides is 2. The smallest absolute Gasteiger partial charge is 0.257 e. The molecule has 3 aliphatic rings. The maximum absolute atomic E-state index is 13.7. The standard InChI is InChI=1S/C31H34FN5O2/c1-21-28(22(2)34-20-33-21)30(39)36-16-24-14-35(15-25(24)17-36)12-11-31(26-8-4-3-5-9-26)18-37(19-31)29(38)23-7-6-10-27(32)13-23/h3-10,13,20,24-25H,11-12,14-19H2,1-2H3. The Morgan fingerprint density at radius 3 is 2.18 bits per heavy atom. The predicted molar refractivity (Wildman–Crippen MR) is 146 cm³/mol. The normalized spacial score (nSPS) is 22.0. The van der Waals surface area contributed by atoms with Crippen LogP contribution in [0.4, 0.5) is 4.39 Å². The van der Waals surface area contributed by atoms with Crippen LogP contribution in [0.1, 0.15) is 44.1 Å². The minimum Gasteiger partial charge on any atom is -0.338 e. The van der Waals surface area contributed by atoms with Crippen molar-refractivity contribution in [1.82, 2.24) is 24.7 Å². The molecule has 2 aromatic carbocycles. The van der Waals surface area contributed by atoms with Gasteiger partial charge < -0.3 is 14.7 Å². The van der Waals surface area contributed by atoms with Gasteiger partial charge in [-0.15, -0.1) is 0 Å². The van der Waals surface area contributed by atoms with Gasteiger partial charge in [0.1, 0.15) is 12.1 Å². The van der Waals surface area contributed by atoms with E-state index in [1.54, 1.807) is 12.1 Å². The van der Waals surface area contributed by atoms with Crippen molar-refractivity contribution in [3.05, 3.63) is 94.8 Å². The average molecular weight is 528 g/mol. The molecule has 0 bridgehead atoms. The molecule has 3 aliphatic heterocycles. The molecule has 0 spiro atoms. The highest BCUT2D eigenvalue weighted by atomic mass is 19.1. The Bertz CT molecular complexity index is 1360. The van der Waals surface area contributed by atoms with Crippen LogP contribution in [0.5, 0.6) is 0 Å². The van der Waals surface area contributed by atoms with Crippen LogP contribution in [0.25, 0.3) is 0 Å². The Balaban J connectivity index is 1.08. The first-order chi connectivity index (χ1) is 18.8. The second kappa shape index (κ2) is 10.2. The van der Waals surface area contributed by atoms with Crippen molar-refractivity contribution >= 4 is 11.8 Å². The van der Waals surface area contributed by atoms with Crippen LogP contribution in [-0.2, 0) is 5.41 Å². The summed E-state index contributed by atoms with van der Waals surface area (Å²) in [6.45, 7) is 9.46. The van der Waals surface area contributed by atoms with E-state index in [2.05, 4.69) is 39.1 Å². The van der Waals surface area contributed by atoms with Crippen molar-refractivity contribution in [2.24, 2.45) is 11.8 Å². The van der Waals surface area contributed by atoms with Gasteiger partial charge in [0.2, 0.25) is 0 Å². The first kappa shape index (κ1) is 25.6. The van der Waals surface area contributed by atoms with Gasteiger partial charge in [0.05, 0.1) is 17.0 Å². The highest BCUT2D eigenvalue weighted by molar-refractivity contribution is 5.96. The van der Waals surface area contributed by atoms with Crippen molar-refractivity contribution in [1.29, 1.82) is 0 Å². The molecule has 2 atom stereocenters. The fourth-order valence-corrected chi connectivity index (χ4v) is 6.78. The summed E-state index contributed by atoms with van der Waals surface area (Å²) in [5, 5.41) is 0. The summed E-state index contributed by atoms with van der Waals surface area (Å²) in [7, 11) is 0. The van der Waals surface area contributed by atoms with Crippen LogP contribution in [-0.4, -0.2) is 82.3 Å². The number of hydrogen-bond acceptors (Lipinski definition) is 5. The lowest BCUT2D eigenvalue weighted by Crippen LogP contribution is -2.62. The molecule has 2 amide bonds. The monoisotopic (exact) mass is 527 g/mol. The Labute approximate surface area is 228 Å². The minimum absolute atomic E-state index is 0.0482. The highest BCUT2D eigenvalue weighted by Crippen LogP contribution is 2.40. The highest BCUT2D eigenvalue weighted by Gasteiger charge is 2.48. The molecule has 202 valence electrons. The van der Waals surface area contributed by atoms with Crippen molar-refractivity contribution in [3.63, 3.8) is 0 Å². The topological polar surface area (TPSA) is 69.6 Å². The van der Waals surface area contributed by atoms with Gasteiger partial charge in [0, 0.05) is 50.2 Å². The first-order valence-electron chi connectivity index (χ1n) is 13.7. The summed E-state index contributed by atoms with van der Waals surface area (Å²) >= 11 is 0. The van der Waals surface area contributed by atoms with Crippen LogP contribution < -0.4 is 0 Å². The number of likely N-dealkylation sites (tertiary alicyclic amines) is 3. The molecule has 4 heterocycles. The third-order valence-electron chi connectivity index (χ3n) is 8.93. The van der Waals surface area contributed by atoms with Crippen LogP contribution in [0, 0.1) is 31.5 Å². The number of rotatable bonds is 6. The number of carbonyl (C=O) groups is 2. The van der Waals surface area contributed by atoms with E-state index in [1.165, 1.54) is 24.0 Å². The molecule has 7 nitrogen and oxygen atoms in total. The fourth-order valence-electron chi connectivity index (χ4n) is 6.78. The number of fused-ring (bicyclic) bond motifs is 1. The van der Waals surface area contributed by atoms with Gasteiger partial charge >= 0.3 is 0 Å². The van der Waals surface area contributed by atoms with E-state index in [4.69, 9.17) is 0 Å². The fraction of sp³-hybridized carbons (Fsp3) is 0.419. The van der Waals surface area contributed by atoms with Gasteiger partial charge in [0.15, 0.2) is 0 Å². The molecular formula is C31H34FN5O2. The summed E-state index contributed by atoms with van der Waals surface area (Å²) < 4.78 is 13.7. The number of benzene rings is 2. The van der Waals surface area contributed by atoms with E-state index < -0.39 is 5.82 Å². The van der Waals surface area contributed by atoms with Crippen LogP contribution >= 0.6 is 0 Å². The van der Waals surface area contributed by atoms with Crippen LogP contribution in [0.15, 0.2) is 60.9 Å². The summed E-state index contributed by atoms with van der Waals surface area (Å²) in [6.07, 6.45) is 2.46. The number of carbonyl (C=O) groups excluding carboxylic acids is 2. The maximum Gasteiger partial charge on any atom is 0.257 e. The molecule has 3 aromatic rings. The van der Waals surface area contributed by atoms with Crippen molar-refractivity contribution in [2.75, 3.05) is 45.8 Å². The van der Waals surface area contributed by atoms with E-state index in [0.29, 0.717) is 36.1 Å². The minimum atomic E-state index is -0.391. The number of nitrogens with zero attached hydrogens (tertiary/aromatic N) is 5. The van der Waals surface area contributed by atoms with Gasteiger partial charge in [-0.1, -0.05) is 36.4 Å². The lowest BCUT2D eigenvalue weighted by Gasteiger charge is -2.51. The van der Waals surface area contributed by atoms with Gasteiger partial charge in [-0.25, -0.2) is 14.4 Å². The van der Waals surface area contributed by atoms with Crippen molar-refractivity contribution < 1.29 is 14.0 Å². The zero-order valence-electron chi connectivity index (χ0n) is 22.5. The maximum atomic E-state index is 13.7. The zero-order valence-corrected chi connectivity index (χ0v) is 22.5. The molecular weight excluding hydrogens is 493 g/mol. The van der Waals surface area contributed by atoms with Gasteiger partial charge in [-0.2, -0.15) is 0 Å². The van der Waals surface area contributed by atoms with Gasteiger partial charge in [0.25, 0.3) is 11.8 Å². The number of aryl methyl sites for hydroxylation is 2. The van der Waals surface area contributed by atoms with E-state index in [9.17, 15) is 14.0 Å². The summed E-state index contributed by atoms with van der Waals surface area (Å²) in [5.74, 6) is 0.486. The predicted octanol–water partition coefficient (Wildman–Crippen LogP) is 3.72. The summed E-state index contributed by atoms with van der Waals surface area (Å²) in [5.41, 5.74) is 3.66. The number of halogens is 1. The Morgan fingerprint density at radius 1 is 0.872 bits per heavy atom. The quantitative estimate of drug-likeness (QED) is 0.489. The van der Waals surface area contributed by atoms with Gasteiger partial charge in [-0.05, 0) is 62.4 Å². The average Bonchev–Trinajstić information content (AvgIpc) is 3.47. The SMILES string of the molecule is Cc1ncnc(C)c1C(=O)N1CC2CN(CCC3(c4ccccc4)CN(C(=O)c4cccc(F)c4)C3)CC2C1. The first-order valence-corrected chi connectivity index (χ1v) is 13.7. The van der Waals surface area contributed by atoms with E-state index in [0.717, 1.165) is 50.5 Å². The molecule has 0 N–H and O–H groups in total. The van der Waals surface area contributed by atoms with E-state index >= 15 is 0 Å². The number of aromatic nitrogens is 2. The molecule has 1 aromatic heterocycles. The van der Waals surface area contributed by atoms with Crippen molar-refractivity contribution in [2.45, 2.75) is 25.7 Å². The third-order valence-corrected chi connectivity index (χ3v) is 8.93. The molecule has 2 unspecified atom stereocenters. The Hall–Kier alpha value is -3.65. The molecule has 0 aliphatic carbocycles. The van der Waals surface area contributed by atoms with Crippen LogP contribution in [0.3, 0.4) is 0 Å². The molecule has 39 heavy (non-hydrogen) atoms. The molecule has 0 radical (unpaired) electrons. The van der Waals surface area contributed by atoms with Crippen molar-refractivity contribution in [3.8, 4) is 0 Å². The third kappa shape index (κ3) is 4.82. The molecule has 8 heteroatoms. The molecule has 6 rings (SSSR count). The largest absolute Gasteiger partial charge is 0.338 e. The van der Waals surface area contributed by atoms with E-state index in [1.807, 2.05) is 29.7 Å². The molecule has 3 saturated heterocycles. The lowest BCUT2D eigenvalue weighted by atomic mass is 9.71. The lowest BCUT2D eigenvalue weighted by molar-refractivity contribution is 0.0331. The Kier molecular flexibility index (Phi) is 6.67. The summed E-state index contributed by atoms with van der Waals surface area (Å²) in [4.78, 5) is 41.1. The molecule has 3 fully saturated rings. The molecule has 0 saturated carbocycles. The second-order valence-corrected chi connectivity index (χ2v) is 11.5. The van der Waals surface area contributed by atoms with Gasteiger partial charge in [-0.3, -0.25) is 9.59 Å². The second-order valence-electron chi connectivity index (χ2n) is 11.5. The zero-order chi connectivity index (χ0) is 27.1. The Morgan fingerprint density at radius 2 is 1.54 bits per heavy atom. The summed E-state index contributed by atoms with van der Waals surface area (Å²) in [6, 6.07) is 16.4. The van der Waals surface area contributed by atoms with Crippen LogP contribution in [0.2, 0.25) is 0 Å².